The van der Waals surface area contributed by atoms with Gasteiger partial charge in [0.05, 0.1) is 0 Å². The van der Waals surface area contributed by atoms with Crippen LogP contribution in [-0.2, 0) is 4.79 Å². The second-order valence-corrected chi connectivity index (χ2v) is 1.59. The van der Waals surface area contributed by atoms with Crippen molar-refractivity contribution in [2.24, 2.45) is 0 Å². The number of hydrogen-bond acceptors (Lipinski definition) is 1. The van der Waals surface area contributed by atoms with Gasteiger partial charge in [-0.05, 0) is 12.8 Å². The predicted molar refractivity (Wildman–Crippen MR) is 39.9 cm³/mol. The van der Waals surface area contributed by atoms with Gasteiger partial charge in [0.1, 0.15) is 0 Å². The summed E-state index contributed by atoms with van der Waals surface area (Å²) in [5.74, 6) is 6.95. The molecule has 0 rings (SSSR count). The molecular formula is C8H9NO. The Kier molecular flexibility index (Phi) is 4.91. The molecule has 0 aliphatic heterocycles. The van der Waals surface area contributed by atoms with E-state index in [1.807, 2.05) is 0 Å². The van der Waals surface area contributed by atoms with E-state index in [1.54, 1.807) is 6.92 Å². The van der Waals surface area contributed by atoms with Crippen LogP contribution in [0, 0.1) is 24.2 Å². The van der Waals surface area contributed by atoms with Crippen LogP contribution >= 0.6 is 0 Å². The third-order valence-corrected chi connectivity index (χ3v) is 0.793. The molecule has 0 atom stereocenters. The van der Waals surface area contributed by atoms with E-state index in [0.717, 1.165) is 0 Å². The molecular weight excluding hydrogens is 126 g/mol. The molecule has 0 saturated heterocycles. The van der Waals surface area contributed by atoms with Crippen LogP contribution in [-0.4, -0.2) is 12.5 Å². The number of rotatable bonds is 2. The Morgan fingerprint density at radius 3 is 2.90 bits per heavy atom. The van der Waals surface area contributed by atoms with Gasteiger partial charge in [-0.1, -0.05) is 5.92 Å². The fraction of sp³-hybridized carbons (Fsp3) is 0.375. The number of carbonyl (C=O) groups excluding carboxylic acids is 1. The molecule has 0 aliphatic carbocycles. The monoisotopic (exact) mass is 135 g/mol. The molecule has 1 N–H and O–H groups in total. The Morgan fingerprint density at radius 1 is 1.70 bits per heavy atom. The van der Waals surface area contributed by atoms with Gasteiger partial charge in [0.2, 0.25) is 0 Å². The van der Waals surface area contributed by atoms with Gasteiger partial charge in [-0.3, -0.25) is 4.79 Å². The summed E-state index contributed by atoms with van der Waals surface area (Å²) >= 11 is 0. The van der Waals surface area contributed by atoms with Crippen LogP contribution in [0.15, 0.2) is 0 Å². The average Bonchev–Trinajstić information content (AvgIpc) is 1.89. The summed E-state index contributed by atoms with van der Waals surface area (Å²) in [6, 6.07) is 0. The van der Waals surface area contributed by atoms with Gasteiger partial charge in [-0.2, -0.15) is 0 Å². The Balaban J connectivity index is 3.39. The van der Waals surface area contributed by atoms with E-state index in [0.29, 0.717) is 13.0 Å². The number of hydrogen-bond donors (Lipinski definition) is 1. The van der Waals surface area contributed by atoms with Crippen molar-refractivity contribution in [3.05, 3.63) is 0 Å². The van der Waals surface area contributed by atoms with Crippen LogP contribution in [0.2, 0.25) is 0 Å². The molecule has 0 radical (unpaired) electrons. The highest BCUT2D eigenvalue weighted by Gasteiger charge is 1.89. The van der Waals surface area contributed by atoms with Crippen molar-refractivity contribution in [3.63, 3.8) is 0 Å². The van der Waals surface area contributed by atoms with E-state index in [9.17, 15) is 4.79 Å². The van der Waals surface area contributed by atoms with Crippen molar-refractivity contribution in [3.8, 4) is 24.2 Å². The lowest BCUT2D eigenvalue weighted by atomic mass is 10.4. The number of nitrogens with one attached hydrogen (secondary N) is 1. The standard InChI is InChI=1S/C8H9NO/c1-3-5-7-9-8(10)6-4-2/h1H,5,7H2,2H3,(H,9,10). The van der Waals surface area contributed by atoms with Gasteiger partial charge in [-0.25, -0.2) is 0 Å². The van der Waals surface area contributed by atoms with Crippen molar-refractivity contribution in [2.75, 3.05) is 6.54 Å². The van der Waals surface area contributed by atoms with E-state index in [2.05, 4.69) is 23.1 Å². The maximum atomic E-state index is 10.6. The third kappa shape index (κ3) is 4.74. The molecule has 0 unspecified atom stereocenters. The molecule has 2 nitrogen and oxygen atoms in total. The minimum Gasteiger partial charge on any atom is -0.344 e. The normalized spacial score (nSPS) is 6.80. The van der Waals surface area contributed by atoms with Gasteiger partial charge in [0.25, 0.3) is 5.91 Å². The molecule has 2 heteroatoms. The van der Waals surface area contributed by atoms with Crippen LogP contribution in [0.5, 0.6) is 0 Å². The maximum Gasteiger partial charge on any atom is 0.295 e. The van der Waals surface area contributed by atoms with Crippen LogP contribution in [0.1, 0.15) is 13.3 Å². The molecule has 0 saturated carbocycles. The van der Waals surface area contributed by atoms with Crippen molar-refractivity contribution in [2.45, 2.75) is 13.3 Å². The third-order valence-electron chi connectivity index (χ3n) is 0.793. The highest BCUT2D eigenvalue weighted by Crippen LogP contribution is 1.69. The molecule has 52 valence electrons. The number of terminal acetylenes is 1. The zero-order valence-corrected chi connectivity index (χ0v) is 5.90. The van der Waals surface area contributed by atoms with Gasteiger partial charge in [-0.15, -0.1) is 12.3 Å². The number of amides is 1. The minimum atomic E-state index is -0.266. The molecule has 0 fully saturated rings. The van der Waals surface area contributed by atoms with E-state index in [1.165, 1.54) is 0 Å². The summed E-state index contributed by atoms with van der Waals surface area (Å²) in [5.41, 5.74) is 0. The Labute approximate surface area is 61.0 Å². The second kappa shape index (κ2) is 5.72. The highest BCUT2D eigenvalue weighted by atomic mass is 16.1. The van der Waals surface area contributed by atoms with E-state index in [-0.39, 0.29) is 5.91 Å². The molecule has 10 heavy (non-hydrogen) atoms. The summed E-state index contributed by atoms with van der Waals surface area (Å²) in [7, 11) is 0. The molecule has 0 aliphatic rings. The Morgan fingerprint density at radius 2 is 2.40 bits per heavy atom. The van der Waals surface area contributed by atoms with Crippen LogP contribution < -0.4 is 5.32 Å². The Hall–Kier alpha value is -1.41. The van der Waals surface area contributed by atoms with Crippen molar-refractivity contribution < 1.29 is 4.79 Å². The van der Waals surface area contributed by atoms with E-state index < -0.39 is 0 Å². The van der Waals surface area contributed by atoms with Crippen molar-refractivity contribution in [1.29, 1.82) is 0 Å². The number of carbonyl (C=O) groups is 1. The largest absolute Gasteiger partial charge is 0.344 e. The van der Waals surface area contributed by atoms with Crippen LogP contribution in [0.25, 0.3) is 0 Å². The molecule has 0 aromatic rings. The lowest BCUT2D eigenvalue weighted by Crippen LogP contribution is -2.22. The average molecular weight is 135 g/mol. The fourth-order valence-electron chi connectivity index (χ4n) is 0.406. The molecule has 0 heterocycles. The van der Waals surface area contributed by atoms with E-state index in [4.69, 9.17) is 6.42 Å². The lowest BCUT2D eigenvalue weighted by Gasteiger charge is -1.93. The first kappa shape index (κ1) is 8.59. The summed E-state index contributed by atoms with van der Waals surface area (Å²) in [6.07, 6.45) is 5.50. The molecule has 0 aromatic carbocycles. The van der Waals surface area contributed by atoms with Crippen molar-refractivity contribution in [1.82, 2.24) is 5.32 Å². The Bertz CT molecular complexity index is 202. The topological polar surface area (TPSA) is 29.1 Å². The summed E-state index contributed by atoms with van der Waals surface area (Å²) in [5, 5.41) is 2.53. The van der Waals surface area contributed by atoms with Crippen LogP contribution in [0.4, 0.5) is 0 Å². The predicted octanol–water partition coefficient (Wildman–Crippen LogP) is 0.149. The molecule has 0 spiro atoms. The maximum absolute atomic E-state index is 10.6. The first-order valence-corrected chi connectivity index (χ1v) is 2.95. The van der Waals surface area contributed by atoms with Crippen molar-refractivity contribution >= 4 is 5.91 Å². The van der Waals surface area contributed by atoms with E-state index >= 15 is 0 Å². The minimum absolute atomic E-state index is 0.266. The summed E-state index contributed by atoms with van der Waals surface area (Å²) < 4.78 is 0. The smallest absolute Gasteiger partial charge is 0.295 e. The lowest BCUT2D eigenvalue weighted by molar-refractivity contribution is -0.115. The zero-order chi connectivity index (χ0) is 7.82. The molecule has 1 amide bonds. The highest BCUT2D eigenvalue weighted by molar-refractivity contribution is 5.93. The fourth-order valence-corrected chi connectivity index (χ4v) is 0.406. The molecule has 0 aromatic heterocycles. The second-order valence-electron chi connectivity index (χ2n) is 1.59. The van der Waals surface area contributed by atoms with Gasteiger partial charge < -0.3 is 5.32 Å². The molecule has 0 bridgehead atoms. The summed E-state index contributed by atoms with van der Waals surface area (Å²) in [4.78, 5) is 10.6. The van der Waals surface area contributed by atoms with Gasteiger partial charge >= 0.3 is 0 Å². The first-order valence-electron chi connectivity index (χ1n) is 2.95. The zero-order valence-electron chi connectivity index (χ0n) is 5.90. The van der Waals surface area contributed by atoms with Gasteiger partial charge in [0, 0.05) is 13.0 Å². The quantitative estimate of drug-likeness (QED) is 0.424. The SMILES string of the molecule is C#CCCNC(=O)C#CC. The van der Waals surface area contributed by atoms with Gasteiger partial charge in [0.15, 0.2) is 0 Å². The van der Waals surface area contributed by atoms with Crippen LogP contribution in [0.3, 0.4) is 0 Å². The summed E-state index contributed by atoms with van der Waals surface area (Å²) in [6.45, 7) is 2.12. The first-order chi connectivity index (χ1) is 4.81.